The van der Waals surface area contributed by atoms with E-state index in [0.717, 1.165) is 17.1 Å². The van der Waals surface area contributed by atoms with Crippen molar-refractivity contribution in [3.8, 4) is 5.75 Å². The van der Waals surface area contributed by atoms with E-state index in [9.17, 15) is 4.79 Å². The van der Waals surface area contributed by atoms with Gasteiger partial charge in [-0.25, -0.2) is 0 Å². The van der Waals surface area contributed by atoms with Gasteiger partial charge in [-0.15, -0.1) is 0 Å². The van der Waals surface area contributed by atoms with Crippen LogP contribution in [-0.4, -0.2) is 51.6 Å². The van der Waals surface area contributed by atoms with Crippen molar-refractivity contribution in [2.75, 3.05) is 19.5 Å². The van der Waals surface area contributed by atoms with Gasteiger partial charge in [0.2, 0.25) is 0 Å². The van der Waals surface area contributed by atoms with E-state index in [2.05, 4.69) is 30.3 Å². The SMILES string of the molecule is CCOC(CC(=O)SCC)/C(=C/c1ccc(OC)cc1)[Te]c1ccccc1. The van der Waals surface area contributed by atoms with Crippen LogP contribution in [0, 0.1) is 0 Å². The summed E-state index contributed by atoms with van der Waals surface area (Å²) in [6.07, 6.45) is 2.46. The predicted molar refractivity (Wildman–Crippen MR) is 116 cm³/mol. The number of methoxy groups -OCH3 is 1. The van der Waals surface area contributed by atoms with E-state index in [4.69, 9.17) is 9.47 Å². The van der Waals surface area contributed by atoms with Crippen molar-refractivity contribution < 1.29 is 14.3 Å². The van der Waals surface area contributed by atoms with E-state index in [1.807, 2.05) is 44.2 Å². The molecule has 0 aliphatic carbocycles. The molecule has 0 N–H and O–H groups in total. The van der Waals surface area contributed by atoms with E-state index in [0.29, 0.717) is 13.0 Å². The Bertz CT molecular complexity index is 729. The summed E-state index contributed by atoms with van der Waals surface area (Å²) >= 11 is 0.730. The quantitative estimate of drug-likeness (QED) is 0.462. The van der Waals surface area contributed by atoms with Crippen LogP contribution < -0.4 is 8.35 Å². The average Bonchev–Trinajstić information content (AvgIpc) is 2.69. The van der Waals surface area contributed by atoms with Gasteiger partial charge in [0.15, 0.2) is 0 Å². The van der Waals surface area contributed by atoms with E-state index < -0.39 is 20.9 Å². The molecule has 2 aromatic rings. The molecule has 0 aliphatic heterocycles. The van der Waals surface area contributed by atoms with Gasteiger partial charge in [-0.3, -0.25) is 0 Å². The summed E-state index contributed by atoms with van der Waals surface area (Å²) in [5, 5.41) is 0.192. The maximum absolute atomic E-state index is 12.3. The topological polar surface area (TPSA) is 35.5 Å². The molecule has 0 saturated heterocycles. The molecule has 0 spiro atoms. The van der Waals surface area contributed by atoms with Crippen molar-refractivity contribution in [2.24, 2.45) is 0 Å². The Morgan fingerprint density at radius 2 is 1.81 bits per heavy atom. The maximum atomic E-state index is 12.3. The summed E-state index contributed by atoms with van der Waals surface area (Å²) in [7, 11) is 1.67. The first kappa shape index (κ1) is 22.0. The van der Waals surface area contributed by atoms with Crippen LogP contribution in [0.4, 0.5) is 0 Å². The summed E-state index contributed by atoms with van der Waals surface area (Å²) in [6, 6.07) is 18.5. The predicted octanol–water partition coefficient (Wildman–Crippen LogP) is 4.14. The molecule has 0 fully saturated rings. The molecule has 0 bridgehead atoms. The van der Waals surface area contributed by atoms with Crippen LogP contribution in [0.15, 0.2) is 58.2 Å². The number of benzene rings is 2. The van der Waals surface area contributed by atoms with Gasteiger partial charge in [-0.2, -0.15) is 0 Å². The van der Waals surface area contributed by atoms with Crippen molar-refractivity contribution in [3.63, 3.8) is 0 Å². The number of ether oxygens (including phenoxy) is 2. The molecule has 0 aliphatic rings. The molecule has 1 unspecified atom stereocenters. The Hall–Kier alpha value is -1.25. The molecular formula is C22H26O3STe. The van der Waals surface area contributed by atoms with E-state index >= 15 is 0 Å². The van der Waals surface area contributed by atoms with Gasteiger partial charge in [0.05, 0.1) is 0 Å². The number of carbonyl (C=O) groups is 1. The van der Waals surface area contributed by atoms with Crippen molar-refractivity contribution in [1.82, 2.24) is 0 Å². The van der Waals surface area contributed by atoms with Gasteiger partial charge in [0.1, 0.15) is 0 Å². The molecule has 1 atom stereocenters. The fraction of sp³-hybridized carbons (Fsp3) is 0.318. The van der Waals surface area contributed by atoms with Crippen LogP contribution in [0.3, 0.4) is 0 Å². The Kier molecular flexibility index (Phi) is 10.0. The Labute approximate surface area is 176 Å². The van der Waals surface area contributed by atoms with Crippen LogP contribution in [-0.2, 0) is 9.53 Å². The zero-order chi connectivity index (χ0) is 19.5. The molecule has 0 heterocycles. The summed E-state index contributed by atoms with van der Waals surface area (Å²) in [4.78, 5) is 12.3. The number of hydrogen-bond donors (Lipinski definition) is 0. The van der Waals surface area contributed by atoms with Gasteiger partial charge < -0.3 is 0 Å². The van der Waals surface area contributed by atoms with Crippen molar-refractivity contribution in [2.45, 2.75) is 26.4 Å². The van der Waals surface area contributed by atoms with Crippen LogP contribution in [0.2, 0.25) is 0 Å². The first-order chi connectivity index (χ1) is 13.2. The summed E-state index contributed by atoms with van der Waals surface area (Å²) in [6.45, 7) is 4.58. The monoisotopic (exact) mass is 500 g/mol. The Morgan fingerprint density at radius 3 is 2.41 bits per heavy atom. The van der Waals surface area contributed by atoms with Gasteiger partial charge in [0, 0.05) is 0 Å². The molecule has 0 aromatic heterocycles. The van der Waals surface area contributed by atoms with Crippen LogP contribution in [0.5, 0.6) is 5.75 Å². The summed E-state index contributed by atoms with van der Waals surface area (Å²) in [5.74, 6) is 1.63. The minimum absolute atomic E-state index is 0.161. The zero-order valence-corrected chi connectivity index (χ0v) is 19.2. The number of thioether (sulfide) groups is 1. The fourth-order valence-corrected chi connectivity index (χ4v) is 6.06. The minimum atomic E-state index is -0.642. The third-order valence-corrected chi connectivity index (χ3v) is 7.73. The van der Waals surface area contributed by atoms with Crippen LogP contribution in [0.25, 0.3) is 6.08 Å². The third-order valence-electron chi connectivity index (χ3n) is 3.75. The standard InChI is InChI=1S/C22H26O3STe/c1-4-25-20(16-22(23)26-5-2)21(27-19-9-7-6-8-10-19)15-17-11-13-18(24-3)14-12-17/h6-15,20H,4-5,16H2,1-3H3/b21-15-. The molecular weight excluding hydrogens is 472 g/mol. The number of carbonyl (C=O) groups excluding carboxylic acids is 1. The second-order valence-corrected chi connectivity index (χ2v) is 10.3. The van der Waals surface area contributed by atoms with Crippen molar-refractivity contribution in [1.29, 1.82) is 0 Å². The molecule has 0 saturated carbocycles. The number of hydrogen-bond acceptors (Lipinski definition) is 4. The van der Waals surface area contributed by atoms with E-state index in [1.165, 1.54) is 19.0 Å². The van der Waals surface area contributed by atoms with Crippen LogP contribution >= 0.6 is 11.8 Å². The molecule has 2 rings (SSSR count). The molecule has 0 amide bonds. The molecule has 5 heteroatoms. The third kappa shape index (κ3) is 7.71. The second-order valence-electron chi connectivity index (χ2n) is 5.69. The van der Waals surface area contributed by atoms with E-state index in [1.54, 1.807) is 7.11 Å². The van der Waals surface area contributed by atoms with Gasteiger partial charge in [-0.05, 0) is 0 Å². The average molecular weight is 498 g/mol. The Balaban J connectivity index is 2.32. The molecule has 0 radical (unpaired) electrons. The van der Waals surface area contributed by atoms with Gasteiger partial charge >= 0.3 is 177 Å². The summed E-state index contributed by atoms with van der Waals surface area (Å²) < 4.78 is 13.8. The number of rotatable bonds is 10. The zero-order valence-electron chi connectivity index (χ0n) is 16.0. The second kappa shape index (κ2) is 12.3. The van der Waals surface area contributed by atoms with Crippen molar-refractivity contribution in [3.05, 3.63) is 63.8 Å². The summed E-state index contributed by atoms with van der Waals surface area (Å²) in [5.41, 5.74) is 1.10. The normalized spacial score (nSPS) is 12.6. The van der Waals surface area contributed by atoms with Gasteiger partial charge in [-0.1, -0.05) is 0 Å². The first-order valence-electron chi connectivity index (χ1n) is 9.02. The molecule has 3 nitrogen and oxygen atoms in total. The van der Waals surface area contributed by atoms with Crippen LogP contribution in [0.1, 0.15) is 25.8 Å². The van der Waals surface area contributed by atoms with Crippen molar-refractivity contribution >= 4 is 47.5 Å². The fourth-order valence-electron chi connectivity index (χ4n) is 2.49. The van der Waals surface area contributed by atoms with Gasteiger partial charge in [0.25, 0.3) is 0 Å². The molecule has 144 valence electrons. The van der Waals surface area contributed by atoms with E-state index in [-0.39, 0.29) is 11.2 Å². The Morgan fingerprint density at radius 1 is 1.11 bits per heavy atom. The molecule has 2 aromatic carbocycles. The first-order valence-corrected chi connectivity index (χ1v) is 12.3. The molecule has 27 heavy (non-hydrogen) atoms.